The number of piperazine rings is 1. The van der Waals surface area contributed by atoms with Crippen molar-refractivity contribution < 1.29 is 52.2 Å². The van der Waals surface area contributed by atoms with Gasteiger partial charge in [0.25, 0.3) is 23.6 Å². The van der Waals surface area contributed by atoms with E-state index in [1.54, 1.807) is 24.1 Å². The van der Waals surface area contributed by atoms with Crippen LogP contribution in [0.25, 0.3) is 11.6 Å². The fraction of sp³-hybridized carbons (Fsp3) is 0.350. The van der Waals surface area contributed by atoms with Crippen molar-refractivity contribution in [3.05, 3.63) is 76.4 Å². The zero-order valence-corrected chi connectivity index (χ0v) is 32.0. The average Bonchev–Trinajstić information content (AvgIpc) is 3.80. The summed E-state index contributed by atoms with van der Waals surface area (Å²) in [4.78, 5) is 108. The van der Waals surface area contributed by atoms with Crippen LogP contribution in [0.4, 0.5) is 15.8 Å². The molecule has 18 nitrogen and oxygen atoms in total. The van der Waals surface area contributed by atoms with Gasteiger partial charge in [-0.3, -0.25) is 53.5 Å². The number of ether oxygens (including phenoxy) is 2. The van der Waals surface area contributed by atoms with Gasteiger partial charge >= 0.3 is 0 Å². The first kappa shape index (κ1) is 40.5. The predicted octanol–water partition coefficient (Wildman–Crippen LogP) is 1.04. The minimum absolute atomic E-state index is 0.00451. The molecular weight excluding hydrogens is 771 g/mol. The topological polar surface area (TPSA) is 229 Å². The highest BCUT2D eigenvalue weighted by atomic mass is 19.1. The largest absolute Gasteiger partial charge is 0.483 e. The van der Waals surface area contributed by atoms with Crippen molar-refractivity contribution in [3.63, 3.8) is 0 Å². The van der Waals surface area contributed by atoms with E-state index in [4.69, 9.17) is 9.47 Å². The number of hydrogen-bond donors (Lipinski definition) is 5. The Kier molecular flexibility index (Phi) is 11.9. The van der Waals surface area contributed by atoms with Crippen LogP contribution in [0, 0.1) is 12.7 Å². The highest BCUT2D eigenvalue weighted by molar-refractivity contribution is 6.35. The van der Waals surface area contributed by atoms with Crippen molar-refractivity contribution >= 4 is 70.3 Å². The summed E-state index contributed by atoms with van der Waals surface area (Å²) in [6, 6.07) is 7.31. The highest BCUT2D eigenvalue weighted by Gasteiger charge is 2.46. The van der Waals surface area contributed by atoms with E-state index in [2.05, 4.69) is 26.3 Å². The van der Waals surface area contributed by atoms with Gasteiger partial charge in [-0.15, -0.1) is 0 Å². The van der Waals surface area contributed by atoms with Gasteiger partial charge in [0.1, 0.15) is 17.6 Å². The third-order valence-corrected chi connectivity index (χ3v) is 10.4. The molecule has 2 aromatic carbocycles. The molecule has 5 heterocycles. The molecule has 0 saturated carbocycles. The molecule has 0 bridgehead atoms. The minimum atomic E-state index is -1.13. The molecule has 4 aliphatic rings. The third-order valence-electron chi connectivity index (χ3n) is 10.4. The van der Waals surface area contributed by atoms with Gasteiger partial charge in [0.05, 0.1) is 48.6 Å². The van der Waals surface area contributed by atoms with E-state index < -0.39 is 48.0 Å². The number of imide groups is 2. The number of halogens is 1. The molecule has 5 N–H and O–H groups in total. The first-order valence-corrected chi connectivity index (χ1v) is 19.0. The van der Waals surface area contributed by atoms with Gasteiger partial charge in [0, 0.05) is 62.3 Å². The molecule has 0 aliphatic carbocycles. The Morgan fingerprint density at radius 3 is 2.53 bits per heavy atom. The molecule has 2 saturated heterocycles. The standard InChI is InChI=1S/C40H41FN8O10/c1-22-28(18-26-25-17-23(41)5-6-27(25)45-37(26)54)43-19-29(22)44-33(51)20-47-11-13-48(14-12-47)35(53)9-15-58-16-10-42-34(52)21-59-31-4-2-3-24-36(31)40(57)49(39(24)56)30-7-8-32(50)46-38(30)55/h2-6,17-19,30,43H,7-16,20-21H2,1H3,(H,42,52)(H,44,51)(H,45,54)(H,46,50,55)/b26-18-. The van der Waals surface area contributed by atoms with Crippen LogP contribution in [-0.2, 0) is 33.5 Å². The van der Waals surface area contributed by atoms with Gasteiger partial charge in [-0.2, -0.15) is 0 Å². The molecule has 1 unspecified atom stereocenters. The molecule has 0 spiro atoms. The second-order valence-electron chi connectivity index (χ2n) is 14.3. The van der Waals surface area contributed by atoms with Crippen LogP contribution in [0.1, 0.15) is 56.8 Å². The highest BCUT2D eigenvalue weighted by Crippen LogP contribution is 2.35. The number of fused-ring (bicyclic) bond motifs is 2. The number of benzene rings is 2. The Morgan fingerprint density at radius 1 is 0.949 bits per heavy atom. The Balaban J connectivity index is 0.772. The number of rotatable bonds is 14. The molecule has 1 aromatic heterocycles. The summed E-state index contributed by atoms with van der Waals surface area (Å²) in [5.74, 6) is -4.30. The fourth-order valence-corrected chi connectivity index (χ4v) is 7.27. The zero-order chi connectivity index (χ0) is 41.8. The van der Waals surface area contributed by atoms with Gasteiger partial charge in [-0.05, 0) is 55.3 Å². The molecule has 19 heteroatoms. The maximum absolute atomic E-state index is 13.8. The lowest BCUT2D eigenvalue weighted by Crippen LogP contribution is -2.54. The number of nitrogens with zero attached hydrogens (tertiary/aromatic N) is 3. The van der Waals surface area contributed by atoms with Crippen molar-refractivity contribution in [2.45, 2.75) is 32.2 Å². The number of anilines is 2. The van der Waals surface area contributed by atoms with Crippen LogP contribution in [-0.4, -0.2) is 132 Å². The van der Waals surface area contributed by atoms with Crippen molar-refractivity contribution in [2.75, 3.05) is 69.7 Å². The zero-order valence-electron chi connectivity index (χ0n) is 32.0. The van der Waals surface area contributed by atoms with E-state index in [0.717, 1.165) is 4.90 Å². The van der Waals surface area contributed by atoms with E-state index >= 15 is 0 Å². The lowest BCUT2D eigenvalue weighted by atomic mass is 10.0. The summed E-state index contributed by atoms with van der Waals surface area (Å²) in [6.07, 6.45) is 3.39. The molecule has 1 atom stereocenters. The van der Waals surface area contributed by atoms with Crippen molar-refractivity contribution in [2.24, 2.45) is 0 Å². The van der Waals surface area contributed by atoms with Gasteiger partial charge in [0.15, 0.2) is 6.61 Å². The number of nitrogens with one attached hydrogen (secondary N) is 5. The second-order valence-corrected chi connectivity index (χ2v) is 14.3. The summed E-state index contributed by atoms with van der Waals surface area (Å²) in [6.45, 7) is 3.70. The first-order chi connectivity index (χ1) is 28.4. The van der Waals surface area contributed by atoms with Crippen LogP contribution < -0.4 is 26.0 Å². The van der Waals surface area contributed by atoms with Crippen LogP contribution in [0.5, 0.6) is 5.75 Å². The Hall–Kier alpha value is -6.73. The molecule has 308 valence electrons. The van der Waals surface area contributed by atoms with Crippen LogP contribution >= 0.6 is 0 Å². The summed E-state index contributed by atoms with van der Waals surface area (Å²) >= 11 is 0. The number of aromatic nitrogens is 1. The molecule has 4 aliphatic heterocycles. The monoisotopic (exact) mass is 812 g/mol. The molecule has 3 aromatic rings. The maximum Gasteiger partial charge on any atom is 0.266 e. The Morgan fingerprint density at radius 2 is 1.75 bits per heavy atom. The first-order valence-electron chi connectivity index (χ1n) is 19.0. The number of amides is 8. The normalized spacial score (nSPS) is 18.4. The molecule has 7 rings (SSSR count). The maximum atomic E-state index is 13.8. The molecule has 2 fully saturated rings. The SMILES string of the molecule is Cc1c(NC(=O)CN2CCN(C(=O)CCOCCNC(=O)COc3cccc4c3C(=O)N(C3CCC(=O)NC3=O)C4=O)CC2)c[nH]c1/C=C1\C(=O)Nc2ccc(F)cc21. The lowest BCUT2D eigenvalue weighted by molar-refractivity contribution is -0.136. The second kappa shape index (κ2) is 17.4. The van der Waals surface area contributed by atoms with Crippen LogP contribution in [0.3, 0.4) is 0 Å². The number of H-pyrrole nitrogens is 1. The fourth-order valence-electron chi connectivity index (χ4n) is 7.27. The summed E-state index contributed by atoms with van der Waals surface area (Å²) in [5.41, 5.74) is 3.13. The summed E-state index contributed by atoms with van der Waals surface area (Å²) < 4.78 is 25.0. The van der Waals surface area contributed by atoms with Gasteiger partial charge < -0.3 is 35.3 Å². The van der Waals surface area contributed by atoms with E-state index in [1.165, 1.54) is 36.4 Å². The molecular formula is C40H41FN8O10. The molecule has 0 radical (unpaired) electrons. The van der Waals surface area contributed by atoms with Crippen LogP contribution in [0.15, 0.2) is 42.6 Å². The Labute approximate surface area is 336 Å². The van der Waals surface area contributed by atoms with E-state index in [9.17, 15) is 42.7 Å². The van der Waals surface area contributed by atoms with E-state index in [-0.39, 0.29) is 80.2 Å². The van der Waals surface area contributed by atoms with Crippen molar-refractivity contribution in [1.82, 2.24) is 30.3 Å². The minimum Gasteiger partial charge on any atom is -0.483 e. The van der Waals surface area contributed by atoms with E-state index in [0.29, 0.717) is 59.9 Å². The van der Waals surface area contributed by atoms with Gasteiger partial charge in [-0.25, -0.2) is 4.39 Å². The average molecular weight is 813 g/mol. The number of aromatic amines is 1. The predicted molar refractivity (Wildman–Crippen MR) is 207 cm³/mol. The van der Waals surface area contributed by atoms with E-state index in [1.807, 2.05) is 4.90 Å². The number of piperidine rings is 1. The number of hydrogen-bond acceptors (Lipinski definition) is 11. The third kappa shape index (κ3) is 8.90. The summed E-state index contributed by atoms with van der Waals surface area (Å²) in [7, 11) is 0. The Bertz CT molecular complexity index is 2280. The lowest BCUT2D eigenvalue weighted by Gasteiger charge is -2.34. The number of carbonyl (C=O) groups is 8. The van der Waals surface area contributed by atoms with Crippen molar-refractivity contribution in [1.29, 1.82) is 0 Å². The van der Waals surface area contributed by atoms with Gasteiger partial charge in [-0.1, -0.05) is 6.07 Å². The van der Waals surface area contributed by atoms with Gasteiger partial charge in [0.2, 0.25) is 23.6 Å². The van der Waals surface area contributed by atoms with Crippen LogP contribution in [0.2, 0.25) is 0 Å². The molecule has 8 amide bonds. The van der Waals surface area contributed by atoms with Crippen molar-refractivity contribution in [3.8, 4) is 5.75 Å². The summed E-state index contributed by atoms with van der Waals surface area (Å²) in [5, 5.41) is 10.4. The smallest absolute Gasteiger partial charge is 0.266 e. The quantitative estimate of drug-likeness (QED) is 0.0878. The molecule has 59 heavy (non-hydrogen) atoms. The number of carbonyl (C=O) groups excluding carboxylic acids is 8.